The second-order valence-corrected chi connectivity index (χ2v) is 10.0. The highest BCUT2D eigenvalue weighted by atomic mass is 32.2. The van der Waals surface area contributed by atoms with Gasteiger partial charge in [-0.3, -0.25) is 4.72 Å². The quantitative estimate of drug-likeness (QED) is 0.410. The Balaban J connectivity index is 1.26. The molecule has 1 N–H and O–H groups in total. The average Bonchev–Trinajstić information content (AvgIpc) is 3.04. The van der Waals surface area contributed by atoms with Crippen LogP contribution in [0.15, 0.2) is 59.5 Å². The third-order valence-electron chi connectivity index (χ3n) is 5.85. The van der Waals surface area contributed by atoms with Crippen molar-refractivity contribution in [3.8, 4) is 28.9 Å². The topological polar surface area (TPSA) is 117 Å². The Morgan fingerprint density at radius 2 is 1.67 bits per heavy atom. The molecule has 0 fully saturated rings. The second-order valence-electron chi connectivity index (χ2n) is 8.33. The predicted molar refractivity (Wildman–Crippen MR) is 133 cm³/mol. The van der Waals surface area contributed by atoms with E-state index >= 15 is 0 Å². The lowest BCUT2D eigenvalue weighted by atomic mass is 10.2. The Kier molecular flexibility index (Phi) is 6.23. The van der Waals surface area contributed by atoms with Crippen LogP contribution in [0.1, 0.15) is 23.4 Å². The third-order valence-corrected chi connectivity index (χ3v) is 7.23. The molecule has 0 aliphatic carbocycles. The van der Waals surface area contributed by atoms with Gasteiger partial charge in [-0.25, -0.2) is 13.1 Å². The van der Waals surface area contributed by atoms with Gasteiger partial charge in [0.15, 0.2) is 17.3 Å². The summed E-state index contributed by atoms with van der Waals surface area (Å²) in [4.78, 5) is 0.0836. The highest BCUT2D eigenvalue weighted by molar-refractivity contribution is 7.92. The second kappa shape index (κ2) is 9.50. The Bertz CT molecular complexity index is 1500. The van der Waals surface area contributed by atoms with Crippen LogP contribution in [0.4, 0.5) is 5.69 Å². The van der Waals surface area contributed by atoms with Gasteiger partial charge >= 0.3 is 0 Å². The van der Waals surface area contributed by atoms with Crippen LogP contribution < -0.4 is 18.9 Å². The van der Waals surface area contributed by atoms with E-state index in [1.165, 1.54) is 12.1 Å². The van der Waals surface area contributed by atoms with E-state index in [-0.39, 0.29) is 4.90 Å². The van der Waals surface area contributed by atoms with Crippen LogP contribution >= 0.6 is 0 Å². The van der Waals surface area contributed by atoms with Crippen molar-refractivity contribution < 1.29 is 22.6 Å². The molecule has 0 unspecified atom stereocenters. The van der Waals surface area contributed by atoms with Crippen molar-refractivity contribution in [3.63, 3.8) is 0 Å². The van der Waals surface area contributed by atoms with Gasteiger partial charge in [-0.2, -0.15) is 5.10 Å². The van der Waals surface area contributed by atoms with Gasteiger partial charge < -0.3 is 14.2 Å². The summed E-state index contributed by atoms with van der Waals surface area (Å²) in [5.41, 5.74) is 3.43. The summed E-state index contributed by atoms with van der Waals surface area (Å²) in [7, 11) is -3.82. The van der Waals surface area contributed by atoms with Gasteiger partial charge in [-0.15, -0.1) is 10.2 Å². The van der Waals surface area contributed by atoms with Crippen LogP contribution in [0, 0.1) is 20.8 Å². The van der Waals surface area contributed by atoms with E-state index < -0.39 is 10.0 Å². The first-order valence-corrected chi connectivity index (χ1v) is 12.9. The van der Waals surface area contributed by atoms with Crippen molar-refractivity contribution >= 4 is 15.7 Å². The minimum absolute atomic E-state index is 0.0836. The molecule has 0 amide bonds. The van der Waals surface area contributed by atoms with Crippen molar-refractivity contribution in [2.24, 2.45) is 0 Å². The van der Waals surface area contributed by atoms with Gasteiger partial charge in [0.2, 0.25) is 5.88 Å². The van der Waals surface area contributed by atoms with Crippen molar-refractivity contribution in [1.29, 1.82) is 0 Å². The smallest absolute Gasteiger partial charge is 0.262 e. The van der Waals surface area contributed by atoms with Crippen LogP contribution in [0.2, 0.25) is 0 Å². The number of aryl methyl sites for hydroxylation is 1. The molecule has 2 aromatic heterocycles. The highest BCUT2D eigenvalue weighted by Gasteiger charge is 2.19. The van der Waals surface area contributed by atoms with Crippen LogP contribution in [-0.4, -0.2) is 41.6 Å². The number of nitrogens with zero attached hydrogens (tertiary/aromatic N) is 4. The molecule has 1 aliphatic heterocycles. The maximum atomic E-state index is 12.9. The molecule has 0 spiro atoms. The van der Waals surface area contributed by atoms with E-state index in [4.69, 9.17) is 14.2 Å². The fourth-order valence-electron chi connectivity index (χ4n) is 3.66. The number of anilines is 1. The first kappa shape index (κ1) is 23.6. The zero-order valence-corrected chi connectivity index (χ0v) is 20.9. The van der Waals surface area contributed by atoms with E-state index in [2.05, 4.69) is 20.0 Å². The predicted octanol–water partition coefficient (Wildman–Crippen LogP) is 4.34. The molecule has 36 heavy (non-hydrogen) atoms. The Morgan fingerprint density at radius 3 is 2.33 bits per heavy atom. The van der Waals surface area contributed by atoms with Gasteiger partial charge in [0.1, 0.15) is 5.75 Å². The van der Waals surface area contributed by atoms with Crippen LogP contribution in [0.3, 0.4) is 0 Å². The monoisotopic (exact) mass is 507 g/mol. The van der Waals surface area contributed by atoms with Crippen LogP contribution in [0.25, 0.3) is 5.82 Å². The Labute approximate surface area is 208 Å². The molecule has 0 radical (unpaired) electrons. The lowest BCUT2D eigenvalue weighted by Crippen LogP contribution is -2.13. The summed E-state index contributed by atoms with van der Waals surface area (Å²) in [5.74, 6) is 2.33. The average molecular weight is 508 g/mol. The van der Waals surface area contributed by atoms with Crippen molar-refractivity contribution in [3.05, 3.63) is 71.5 Å². The summed E-state index contributed by atoms with van der Waals surface area (Å²) in [6.45, 7) is 6.95. The van der Waals surface area contributed by atoms with Crippen molar-refractivity contribution in [2.75, 3.05) is 17.9 Å². The molecular formula is C25H25N5O5S. The van der Waals surface area contributed by atoms with E-state index in [1.54, 1.807) is 47.1 Å². The molecule has 0 atom stereocenters. The molecule has 4 aromatic rings. The number of benzene rings is 2. The van der Waals surface area contributed by atoms with E-state index in [0.29, 0.717) is 47.8 Å². The standard InChI is InChI=1S/C25H25N5O5S/c1-16-17(2)28-30(18(16)3)24-11-12-25(27-26-24)35-20-7-5-19(6-8-20)29-36(31,32)21-9-10-22-23(15-21)34-14-4-13-33-22/h5-12,15,29H,4,13-14H2,1-3H3. The number of sulfonamides is 1. The summed E-state index contributed by atoms with van der Waals surface area (Å²) < 4.78 is 47.0. The summed E-state index contributed by atoms with van der Waals surface area (Å²) in [6.07, 6.45) is 0.739. The zero-order chi connectivity index (χ0) is 25.3. The van der Waals surface area contributed by atoms with E-state index in [1.807, 2.05) is 20.8 Å². The third kappa shape index (κ3) is 4.82. The first-order valence-electron chi connectivity index (χ1n) is 11.4. The van der Waals surface area contributed by atoms with E-state index in [9.17, 15) is 8.42 Å². The van der Waals surface area contributed by atoms with Gasteiger partial charge in [0, 0.05) is 29.9 Å². The van der Waals surface area contributed by atoms with Gasteiger partial charge in [0.25, 0.3) is 10.0 Å². The molecule has 5 rings (SSSR count). The molecule has 186 valence electrons. The minimum atomic E-state index is -3.82. The number of hydrogen-bond donors (Lipinski definition) is 1. The van der Waals surface area contributed by atoms with Crippen LogP contribution in [-0.2, 0) is 10.0 Å². The maximum Gasteiger partial charge on any atom is 0.262 e. The first-order chi connectivity index (χ1) is 17.3. The van der Waals surface area contributed by atoms with Crippen LogP contribution in [0.5, 0.6) is 23.1 Å². The molecule has 3 heterocycles. The lowest BCUT2D eigenvalue weighted by Gasteiger charge is -2.12. The van der Waals surface area contributed by atoms with Crippen molar-refractivity contribution in [2.45, 2.75) is 32.1 Å². The number of ether oxygens (including phenoxy) is 3. The SMILES string of the molecule is Cc1nn(-c2ccc(Oc3ccc(NS(=O)(=O)c4ccc5c(c4)OCCCO5)cc3)nn2)c(C)c1C. The molecule has 1 aliphatic rings. The number of nitrogens with one attached hydrogen (secondary N) is 1. The fourth-order valence-corrected chi connectivity index (χ4v) is 4.73. The number of rotatable bonds is 6. The Morgan fingerprint density at radius 1 is 0.917 bits per heavy atom. The molecule has 0 bridgehead atoms. The number of fused-ring (bicyclic) bond motifs is 1. The molecule has 11 heteroatoms. The maximum absolute atomic E-state index is 12.9. The van der Waals surface area contributed by atoms with Gasteiger partial charge in [0.05, 0.1) is 23.8 Å². The van der Waals surface area contributed by atoms with Gasteiger partial charge in [-0.05, 0) is 68.8 Å². The minimum Gasteiger partial charge on any atom is -0.490 e. The van der Waals surface area contributed by atoms with Crippen molar-refractivity contribution in [1.82, 2.24) is 20.0 Å². The number of aromatic nitrogens is 4. The lowest BCUT2D eigenvalue weighted by molar-refractivity contribution is 0.297. The highest BCUT2D eigenvalue weighted by Crippen LogP contribution is 2.32. The number of hydrogen-bond acceptors (Lipinski definition) is 8. The largest absolute Gasteiger partial charge is 0.490 e. The summed E-state index contributed by atoms with van der Waals surface area (Å²) in [6, 6.07) is 14.5. The molecule has 0 saturated heterocycles. The molecule has 0 saturated carbocycles. The van der Waals surface area contributed by atoms with Gasteiger partial charge in [-0.1, -0.05) is 0 Å². The van der Waals surface area contributed by atoms with E-state index in [0.717, 1.165) is 23.4 Å². The molecule has 10 nitrogen and oxygen atoms in total. The molecular weight excluding hydrogens is 482 g/mol. The fraction of sp³-hybridized carbons (Fsp3) is 0.240. The molecule has 2 aromatic carbocycles. The Hall–Kier alpha value is -4.12. The zero-order valence-electron chi connectivity index (χ0n) is 20.1. The summed E-state index contributed by atoms with van der Waals surface area (Å²) >= 11 is 0. The summed E-state index contributed by atoms with van der Waals surface area (Å²) in [5, 5.41) is 12.8. The normalized spacial score (nSPS) is 13.2.